The minimum atomic E-state index is -4.28. The highest BCUT2D eigenvalue weighted by Gasteiger charge is 2.46. The van der Waals surface area contributed by atoms with Crippen LogP contribution in [-0.4, -0.2) is 18.0 Å². The zero-order valence-electron chi connectivity index (χ0n) is 21.6. The van der Waals surface area contributed by atoms with Gasteiger partial charge in [-0.15, -0.1) is 0 Å². The first-order valence-corrected chi connectivity index (χ1v) is 15.5. The maximum atomic E-state index is 12.1. The Morgan fingerprint density at radius 2 is 0.941 bits per heavy atom. The molecule has 0 atom stereocenters. The number of rotatable bonds is 21. The largest absolute Gasteiger partial charge is 0.347 e. The number of fused-ring (bicyclic) bond motifs is 1. The van der Waals surface area contributed by atoms with Gasteiger partial charge in [0.2, 0.25) is 4.99 Å². The predicted octanol–water partition coefficient (Wildman–Crippen LogP) is 8.89. The third kappa shape index (κ3) is 10.6. The van der Waals surface area contributed by atoms with Crippen LogP contribution < -0.4 is 10.6 Å². The number of hydrogen-bond donors (Lipinski definition) is 3. The summed E-state index contributed by atoms with van der Waals surface area (Å²) in [4.78, 5) is -1.49. The first-order valence-electron chi connectivity index (χ1n) is 14.1. The van der Waals surface area contributed by atoms with Crippen molar-refractivity contribution in [2.45, 2.75) is 140 Å². The van der Waals surface area contributed by atoms with Crippen molar-refractivity contribution in [3.63, 3.8) is 0 Å². The van der Waals surface area contributed by atoms with Crippen molar-refractivity contribution in [3.8, 4) is 0 Å². The summed E-state index contributed by atoms with van der Waals surface area (Å²) in [6.07, 6.45) is 25.2. The average Bonchev–Trinajstić information content (AvgIpc) is 3.20. The molecule has 0 aromatic heterocycles. The number of hydrogen-bond acceptors (Lipinski definition) is 4. The molecule has 5 nitrogen and oxygen atoms in total. The molecule has 196 valence electrons. The molecule has 0 aliphatic carbocycles. The maximum Gasteiger partial charge on any atom is 0.308 e. The molecule has 0 radical (unpaired) electrons. The summed E-state index contributed by atoms with van der Waals surface area (Å²) in [7, 11) is -4.28. The van der Waals surface area contributed by atoms with E-state index in [4.69, 9.17) is 0 Å². The summed E-state index contributed by atoms with van der Waals surface area (Å²) in [6.45, 7) is 2.28. The molecule has 0 amide bonds. The molecule has 2 rings (SSSR count). The first-order chi connectivity index (χ1) is 16.5. The summed E-state index contributed by atoms with van der Waals surface area (Å²) in [5.41, 5.74) is 1.44. The Balaban J connectivity index is 1.40. The van der Waals surface area contributed by atoms with E-state index in [-0.39, 0.29) is 0 Å². The van der Waals surface area contributed by atoms with Crippen molar-refractivity contribution in [1.82, 2.24) is 0 Å². The lowest BCUT2D eigenvalue weighted by Gasteiger charge is -2.27. The summed E-state index contributed by atoms with van der Waals surface area (Å²) in [5.74, 6) is 0. The molecule has 0 fully saturated rings. The van der Waals surface area contributed by atoms with Crippen LogP contribution in [0.4, 0.5) is 11.4 Å². The smallest absolute Gasteiger partial charge is 0.308 e. The van der Waals surface area contributed by atoms with E-state index in [1.54, 1.807) is 0 Å². The molecule has 0 bridgehead atoms. The van der Waals surface area contributed by atoms with E-state index in [1.807, 2.05) is 24.3 Å². The fourth-order valence-electron chi connectivity index (χ4n) is 5.00. The van der Waals surface area contributed by atoms with Gasteiger partial charge in [-0.3, -0.25) is 4.55 Å². The highest BCUT2D eigenvalue weighted by atomic mass is 32.2. The molecule has 1 heterocycles. The summed E-state index contributed by atoms with van der Waals surface area (Å²) in [5, 5.41) is 6.00. The number of benzene rings is 1. The van der Waals surface area contributed by atoms with E-state index in [1.165, 1.54) is 103 Å². The zero-order valence-corrected chi connectivity index (χ0v) is 22.4. The van der Waals surface area contributed by atoms with Gasteiger partial charge in [0.1, 0.15) is 0 Å². The van der Waals surface area contributed by atoms with Crippen molar-refractivity contribution in [2.75, 3.05) is 10.6 Å². The number of unbranched alkanes of at least 4 members (excludes halogenated alkanes) is 18. The van der Waals surface area contributed by atoms with Gasteiger partial charge in [0.25, 0.3) is 0 Å². The molecule has 0 unspecified atom stereocenters. The fourth-order valence-corrected chi connectivity index (χ4v) is 5.88. The Kier molecular flexibility index (Phi) is 14.0. The molecular weight excluding hydrogens is 444 g/mol. The van der Waals surface area contributed by atoms with Crippen LogP contribution in [0.1, 0.15) is 135 Å². The molecule has 1 aromatic rings. The third-order valence-electron chi connectivity index (χ3n) is 7.17. The first kappa shape index (κ1) is 29.0. The van der Waals surface area contributed by atoms with Gasteiger partial charge in [0.05, 0.1) is 11.4 Å². The molecular formula is C28H50N2O3S. The molecule has 6 heteroatoms. The molecule has 34 heavy (non-hydrogen) atoms. The van der Waals surface area contributed by atoms with E-state index in [0.717, 1.165) is 30.6 Å². The normalized spacial score (nSPS) is 14.5. The lowest BCUT2D eigenvalue weighted by molar-refractivity contribution is 0.434. The predicted molar refractivity (Wildman–Crippen MR) is 146 cm³/mol. The second-order valence-electron chi connectivity index (χ2n) is 10.2. The Bertz CT molecular complexity index is 742. The molecule has 3 N–H and O–H groups in total. The topological polar surface area (TPSA) is 78.4 Å². The Labute approximate surface area is 209 Å². The molecule has 1 aliphatic heterocycles. The molecule has 1 aliphatic rings. The second kappa shape index (κ2) is 16.4. The van der Waals surface area contributed by atoms with Crippen LogP contribution in [0.5, 0.6) is 0 Å². The lowest BCUT2D eigenvalue weighted by atomic mass is 10.0. The van der Waals surface area contributed by atoms with E-state index in [2.05, 4.69) is 17.6 Å². The molecule has 1 aromatic carbocycles. The Morgan fingerprint density at radius 3 is 1.26 bits per heavy atom. The summed E-state index contributed by atoms with van der Waals surface area (Å²) >= 11 is 0. The monoisotopic (exact) mass is 494 g/mol. The van der Waals surface area contributed by atoms with Gasteiger partial charge in [0, 0.05) is 6.42 Å². The maximum absolute atomic E-state index is 12.1. The SMILES string of the molecule is CCCCCCCCCCCCCCCCCCCCCC1(S(=O)(=O)O)Nc2ccccc2N1. The summed E-state index contributed by atoms with van der Waals surface area (Å²) in [6, 6.07) is 7.35. The van der Waals surface area contributed by atoms with Gasteiger partial charge in [-0.1, -0.05) is 135 Å². The second-order valence-corrected chi connectivity index (χ2v) is 11.9. The third-order valence-corrected chi connectivity index (χ3v) is 8.46. The lowest BCUT2D eigenvalue weighted by Crippen LogP contribution is -2.49. The van der Waals surface area contributed by atoms with Crippen LogP contribution in [0, 0.1) is 0 Å². The van der Waals surface area contributed by atoms with Gasteiger partial charge in [-0.2, -0.15) is 8.42 Å². The number of nitrogens with one attached hydrogen (secondary N) is 2. The van der Waals surface area contributed by atoms with Crippen LogP contribution in [0.15, 0.2) is 24.3 Å². The Hall–Kier alpha value is -1.27. The highest BCUT2D eigenvalue weighted by Crippen LogP contribution is 2.38. The van der Waals surface area contributed by atoms with Gasteiger partial charge in [0.15, 0.2) is 0 Å². The quantitative estimate of drug-likeness (QED) is 0.117. The van der Waals surface area contributed by atoms with Crippen molar-refractivity contribution >= 4 is 21.5 Å². The number of anilines is 2. The molecule has 0 saturated heterocycles. The van der Waals surface area contributed by atoms with Crippen LogP contribution in [0.3, 0.4) is 0 Å². The van der Waals surface area contributed by atoms with Gasteiger partial charge < -0.3 is 10.6 Å². The Morgan fingerprint density at radius 1 is 0.618 bits per heavy atom. The van der Waals surface area contributed by atoms with Crippen molar-refractivity contribution in [2.24, 2.45) is 0 Å². The van der Waals surface area contributed by atoms with E-state index < -0.39 is 15.1 Å². The van der Waals surface area contributed by atoms with Crippen LogP contribution >= 0.6 is 0 Å². The van der Waals surface area contributed by atoms with E-state index in [9.17, 15) is 13.0 Å². The van der Waals surface area contributed by atoms with Crippen LogP contribution in [0.2, 0.25) is 0 Å². The minimum absolute atomic E-state index is 0.347. The minimum Gasteiger partial charge on any atom is -0.347 e. The standard InChI is InChI=1S/C28H50N2O3S/c1-2-3-4-5-6-7-8-9-10-11-12-13-14-15-16-17-18-19-22-25-28(34(31,32)33)29-26-23-20-21-24-27(26)30-28/h20-21,23-24,29-30H,2-19,22,25H2,1H3,(H,31,32,33). The van der Waals surface area contributed by atoms with Gasteiger partial charge >= 0.3 is 10.1 Å². The van der Waals surface area contributed by atoms with Crippen LogP contribution in [0.25, 0.3) is 0 Å². The van der Waals surface area contributed by atoms with Crippen molar-refractivity contribution in [3.05, 3.63) is 24.3 Å². The van der Waals surface area contributed by atoms with Crippen LogP contribution in [-0.2, 0) is 10.1 Å². The van der Waals surface area contributed by atoms with Gasteiger partial charge in [-0.25, -0.2) is 0 Å². The fraction of sp³-hybridized carbons (Fsp3) is 0.786. The summed E-state index contributed by atoms with van der Waals surface area (Å²) < 4.78 is 34.0. The zero-order chi connectivity index (χ0) is 24.5. The number of para-hydroxylation sites is 2. The van der Waals surface area contributed by atoms with Gasteiger partial charge in [-0.05, 0) is 18.6 Å². The molecule has 0 saturated carbocycles. The van der Waals surface area contributed by atoms with E-state index in [0.29, 0.717) is 6.42 Å². The average molecular weight is 495 g/mol. The van der Waals surface area contributed by atoms with E-state index >= 15 is 0 Å². The van der Waals surface area contributed by atoms with Crippen molar-refractivity contribution in [1.29, 1.82) is 0 Å². The highest BCUT2D eigenvalue weighted by molar-refractivity contribution is 7.87. The van der Waals surface area contributed by atoms with Crippen molar-refractivity contribution < 1.29 is 13.0 Å². The molecule has 0 spiro atoms.